The molecule has 4 N–H and O–H groups in total. The lowest BCUT2D eigenvalue weighted by molar-refractivity contribution is 0.770. The number of anilines is 2. The van der Waals surface area contributed by atoms with Crippen LogP contribution in [0, 0.1) is 0 Å². The number of aromatic nitrogens is 2. The highest BCUT2D eigenvalue weighted by atomic mass is 15.1. The number of para-hydroxylation sites is 2. The van der Waals surface area contributed by atoms with Crippen LogP contribution >= 0.6 is 0 Å². The lowest BCUT2D eigenvalue weighted by Gasteiger charge is -2.27. The van der Waals surface area contributed by atoms with Gasteiger partial charge in [0.1, 0.15) is 0 Å². The van der Waals surface area contributed by atoms with Crippen molar-refractivity contribution in [2.24, 2.45) is 11.5 Å². The van der Waals surface area contributed by atoms with Gasteiger partial charge in [-0.15, -0.1) is 0 Å². The first-order valence-electron chi connectivity index (χ1n) is 19.6. The van der Waals surface area contributed by atoms with Crippen molar-refractivity contribution in [3.63, 3.8) is 0 Å². The third-order valence-electron chi connectivity index (χ3n) is 11.1. The van der Waals surface area contributed by atoms with Crippen molar-refractivity contribution in [2.75, 3.05) is 4.90 Å². The zero-order valence-corrected chi connectivity index (χ0v) is 31.9. The second-order valence-corrected chi connectivity index (χ2v) is 14.5. The Bertz CT molecular complexity index is 2880. The fourth-order valence-electron chi connectivity index (χ4n) is 8.31. The number of fused-ring (bicyclic) bond motifs is 8. The van der Waals surface area contributed by atoms with Gasteiger partial charge in [-0.25, -0.2) is 0 Å². The Morgan fingerprint density at radius 1 is 0.649 bits per heavy atom. The van der Waals surface area contributed by atoms with E-state index in [1.807, 2.05) is 24.3 Å². The number of nitrogens with zero attached hydrogens (tertiary/aromatic N) is 3. The third-order valence-corrected chi connectivity index (χ3v) is 11.1. The SMILES string of the molecule is C=C1/C=C\C=C/N(c2cccc(-c3ccccc3)c2)c2c1ccc1c3ccccc3n(C\C=C/C=C(N)/C(N)=C/C=C\Cn3c4c(c5ccccc53)C=CCC4)c21. The fraction of sp³-hybridized carbons (Fsp3) is 0.0769. The van der Waals surface area contributed by atoms with E-state index >= 15 is 0 Å². The van der Waals surface area contributed by atoms with Gasteiger partial charge >= 0.3 is 0 Å². The van der Waals surface area contributed by atoms with Crippen LogP contribution < -0.4 is 16.4 Å². The van der Waals surface area contributed by atoms with Crippen LogP contribution in [-0.4, -0.2) is 9.13 Å². The molecule has 0 saturated heterocycles. The van der Waals surface area contributed by atoms with Crippen LogP contribution in [0.15, 0.2) is 200 Å². The van der Waals surface area contributed by atoms with Crippen LogP contribution in [0.2, 0.25) is 0 Å². The number of nitrogens with two attached hydrogens (primary N) is 2. The lowest BCUT2D eigenvalue weighted by atomic mass is 9.98. The zero-order valence-electron chi connectivity index (χ0n) is 31.9. The summed E-state index contributed by atoms with van der Waals surface area (Å²) in [6.45, 7) is 5.90. The van der Waals surface area contributed by atoms with E-state index in [1.165, 1.54) is 38.5 Å². The molecule has 3 heterocycles. The van der Waals surface area contributed by atoms with Gasteiger partial charge in [0.25, 0.3) is 0 Å². The van der Waals surface area contributed by atoms with Crippen LogP contribution in [0.1, 0.15) is 23.2 Å². The molecule has 0 amide bonds. The van der Waals surface area contributed by atoms with Crippen molar-refractivity contribution in [1.82, 2.24) is 9.13 Å². The number of allylic oxidation sites excluding steroid dienone is 11. The first kappa shape index (κ1) is 35.5. The minimum Gasteiger partial charge on any atom is -0.397 e. The van der Waals surface area contributed by atoms with Gasteiger partial charge in [0.2, 0.25) is 0 Å². The molecule has 9 rings (SSSR count). The average Bonchev–Trinajstić information content (AvgIpc) is 3.75. The van der Waals surface area contributed by atoms with Gasteiger partial charge < -0.3 is 25.5 Å². The van der Waals surface area contributed by atoms with Gasteiger partial charge in [0.05, 0.1) is 22.6 Å². The molecular weight excluding hydrogens is 695 g/mol. The van der Waals surface area contributed by atoms with Crippen LogP contribution in [0.5, 0.6) is 0 Å². The summed E-state index contributed by atoms with van der Waals surface area (Å²) in [5.41, 5.74) is 26.9. The van der Waals surface area contributed by atoms with E-state index in [0.717, 1.165) is 58.5 Å². The maximum atomic E-state index is 6.51. The van der Waals surface area contributed by atoms with E-state index in [-0.39, 0.29) is 0 Å². The third kappa shape index (κ3) is 6.74. The molecule has 2 aliphatic rings. The van der Waals surface area contributed by atoms with Crippen LogP contribution in [0.3, 0.4) is 0 Å². The summed E-state index contributed by atoms with van der Waals surface area (Å²) in [5, 5.41) is 3.70. The Labute approximate surface area is 334 Å². The predicted molar refractivity (Wildman–Crippen MR) is 243 cm³/mol. The molecule has 5 heteroatoms. The number of hydrogen-bond donors (Lipinski definition) is 2. The second-order valence-electron chi connectivity index (χ2n) is 14.5. The van der Waals surface area contributed by atoms with Gasteiger partial charge in [0, 0.05) is 69.0 Å². The summed E-state index contributed by atoms with van der Waals surface area (Å²) in [4.78, 5) is 2.30. The topological polar surface area (TPSA) is 65.1 Å². The molecule has 0 radical (unpaired) electrons. The largest absolute Gasteiger partial charge is 0.397 e. The first-order valence-corrected chi connectivity index (χ1v) is 19.6. The van der Waals surface area contributed by atoms with Gasteiger partial charge in [-0.05, 0) is 72.0 Å². The second kappa shape index (κ2) is 15.5. The van der Waals surface area contributed by atoms with E-state index < -0.39 is 0 Å². The molecule has 0 bridgehead atoms. The molecule has 0 unspecified atom stereocenters. The van der Waals surface area contributed by atoms with E-state index in [2.05, 4.69) is 185 Å². The standard InChI is InChI=1S/C52H45N5/c1-37-18-11-14-33-55(40-22-17-21-39(36-40)38-19-3-2-4-20-38)51-41(37)31-32-45-44-25-7-10-30-50(44)57(52(45)51)35-16-13-27-47(54)46(53)26-12-15-34-56-48-28-8-5-23-42(48)43-24-6-9-29-49(43)56/h2-8,10-28,30-33,36H,1,9,29,34-35,53-54H2/b15-12-,16-13-,18-11-,33-14-,46-26-,47-27-. The van der Waals surface area contributed by atoms with Gasteiger partial charge in [-0.3, -0.25) is 0 Å². The summed E-state index contributed by atoms with van der Waals surface area (Å²) in [6.07, 6.45) is 27.1. The Hall–Kier alpha value is -7.24. The highest BCUT2D eigenvalue weighted by molar-refractivity contribution is 6.15. The van der Waals surface area contributed by atoms with Crippen LogP contribution in [-0.2, 0) is 19.5 Å². The van der Waals surface area contributed by atoms with Crippen molar-refractivity contribution < 1.29 is 0 Å². The van der Waals surface area contributed by atoms with E-state index in [1.54, 1.807) is 0 Å². The maximum absolute atomic E-state index is 6.51. The number of hydrogen-bond acceptors (Lipinski definition) is 3. The Balaban J connectivity index is 1.03. The number of rotatable bonds is 9. The Kier molecular flexibility index (Phi) is 9.63. The molecule has 0 saturated carbocycles. The molecule has 0 atom stereocenters. The maximum Gasteiger partial charge on any atom is 0.0779 e. The Morgan fingerprint density at radius 3 is 2.12 bits per heavy atom. The molecule has 7 aromatic rings. The number of benzene rings is 5. The monoisotopic (exact) mass is 739 g/mol. The Morgan fingerprint density at radius 2 is 1.33 bits per heavy atom. The van der Waals surface area contributed by atoms with Crippen molar-refractivity contribution >= 4 is 55.7 Å². The smallest absolute Gasteiger partial charge is 0.0779 e. The van der Waals surface area contributed by atoms with Crippen molar-refractivity contribution in [3.8, 4) is 11.1 Å². The zero-order chi connectivity index (χ0) is 38.7. The van der Waals surface area contributed by atoms with Crippen LogP contribution in [0.25, 0.3) is 55.5 Å². The van der Waals surface area contributed by atoms with E-state index in [0.29, 0.717) is 17.9 Å². The lowest BCUT2D eigenvalue weighted by Crippen LogP contribution is -2.13. The van der Waals surface area contributed by atoms with Crippen molar-refractivity contribution in [3.05, 3.63) is 217 Å². The molecular formula is C52H45N5. The summed E-state index contributed by atoms with van der Waals surface area (Å²) < 4.78 is 4.81. The van der Waals surface area contributed by atoms with E-state index in [9.17, 15) is 0 Å². The van der Waals surface area contributed by atoms with E-state index in [4.69, 9.17) is 11.5 Å². The normalized spacial score (nSPS) is 15.8. The molecule has 1 aliphatic heterocycles. The van der Waals surface area contributed by atoms with Gasteiger partial charge in [-0.2, -0.15) is 0 Å². The predicted octanol–water partition coefficient (Wildman–Crippen LogP) is 12.1. The summed E-state index contributed by atoms with van der Waals surface area (Å²) >= 11 is 0. The summed E-state index contributed by atoms with van der Waals surface area (Å²) in [5.74, 6) is 0. The molecule has 2 aromatic heterocycles. The van der Waals surface area contributed by atoms with Crippen molar-refractivity contribution in [2.45, 2.75) is 25.9 Å². The highest BCUT2D eigenvalue weighted by Gasteiger charge is 2.23. The molecule has 278 valence electrons. The fourth-order valence-corrected chi connectivity index (χ4v) is 8.31. The quantitative estimate of drug-likeness (QED) is 0.145. The highest BCUT2D eigenvalue weighted by Crippen LogP contribution is 2.44. The average molecular weight is 740 g/mol. The molecule has 0 spiro atoms. The molecule has 0 fully saturated rings. The molecule has 57 heavy (non-hydrogen) atoms. The molecule has 5 aromatic carbocycles. The summed E-state index contributed by atoms with van der Waals surface area (Å²) in [7, 11) is 0. The van der Waals surface area contributed by atoms with Gasteiger partial charge in [0.15, 0.2) is 0 Å². The molecule has 5 nitrogen and oxygen atoms in total. The van der Waals surface area contributed by atoms with Crippen LogP contribution in [0.4, 0.5) is 11.4 Å². The minimum absolute atomic E-state index is 0.523. The van der Waals surface area contributed by atoms with Crippen molar-refractivity contribution in [1.29, 1.82) is 0 Å². The summed E-state index contributed by atoms with van der Waals surface area (Å²) in [6, 6.07) is 41.0. The van der Waals surface area contributed by atoms with Gasteiger partial charge in [-0.1, -0.05) is 146 Å². The molecule has 1 aliphatic carbocycles. The first-order chi connectivity index (χ1) is 28.1. The minimum atomic E-state index is 0.523.